The summed E-state index contributed by atoms with van der Waals surface area (Å²) >= 11 is 9.66. The molecule has 0 radical (unpaired) electrons. The predicted octanol–water partition coefficient (Wildman–Crippen LogP) is 4.41. The molecule has 2 aromatic rings. The summed E-state index contributed by atoms with van der Waals surface area (Å²) in [6, 6.07) is 12.5. The van der Waals surface area contributed by atoms with Crippen molar-refractivity contribution in [1.29, 1.82) is 0 Å². The van der Waals surface area contributed by atoms with E-state index < -0.39 is 49.9 Å². The number of sulfone groups is 1. The van der Waals surface area contributed by atoms with Crippen LogP contribution < -0.4 is 5.32 Å². The molecule has 2 aromatic carbocycles. The molecule has 1 heterocycles. The fraction of sp³-hybridized carbons (Fsp3) is 0.467. The Kier molecular flexibility index (Phi) is 8.47. The van der Waals surface area contributed by atoms with Gasteiger partial charge >= 0.3 is 0 Å². The van der Waals surface area contributed by atoms with Gasteiger partial charge in [-0.1, -0.05) is 58.7 Å². The van der Waals surface area contributed by atoms with Crippen LogP contribution in [0.2, 0.25) is 5.02 Å². The largest absolute Gasteiger partial charge is 0.347 e. The number of carbonyl (C=O) groups is 4. The van der Waals surface area contributed by atoms with Gasteiger partial charge in [-0.3, -0.25) is 19.2 Å². The number of nitrogens with zero attached hydrogens (tertiary/aromatic N) is 1. The maximum absolute atomic E-state index is 14.1. The molecule has 2 saturated carbocycles. The molecular weight excluding hydrogens is 632 g/mol. The number of benzene rings is 2. The summed E-state index contributed by atoms with van der Waals surface area (Å²) in [5.41, 5.74) is -0.0143. The van der Waals surface area contributed by atoms with Crippen LogP contribution in [0.25, 0.3) is 0 Å². The summed E-state index contributed by atoms with van der Waals surface area (Å²) in [6.07, 6.45) is 2.76. The normalized spacial score (nSPS) is 22.2. The SMILES string of the molecule is CC[C@H](CC(=O)[C@@H]1C[C@@H](S(=O)(=O)c2ccccc2Cl)CN1C(=O)C1(c2ccc(Br)cc2)CC1)C(=O)C(=O)NC1CC1. The Bertz CT molecular complexity index is 1490. The summed E-state index contributed by atoms with van der Waals surface area (Å²) in [5, 5.41) is 1.71. The van der Waals surface area contributed by atoms with E-state index in [1.807, 2.05) is 24.3 Å². The molecular formula is C30H32BrClN2O6S. The second-order valence-electron chi connectivity index (χ2n) is 11.3. The molecule has 8 nitrogen and oxygen atoms in total. The summed E-state index contributed by atoms with van der Waals surface area (Å²) in [5.74, 6) is -2.91. The van der Waals surface area contributed by atoms with Gasteiger partial charge in [-0.25, -0.2) is 8.42 Å². The molecule has 0 unspecified atom stereocenters. The zero-order valence-corrected chi connectivity index (χ0v) is 25.8. The summed E-state index contributed by atoms with van der Waals surface area (Å²) in [4.78, 5) is 54.6. The molecule has 1 N–H and O–H groups in total. The standard InChI is InChI=1S/C30H32BrClN2O6S/c1-2-18(27(36)28(37)33-21-11-12-21)15-25(35)24-16-22(41(39,40)26-6-4-3-5-23(26)32)17-34(24)29(38)30(13-14-30)19-7-9-20(31)10-8-19/h3-10,18,21-22,24H,2,11-17H2,1H3,(H,33,37)/t18-,22-,24+/m1/s1. The number of carbonyl (C=O) groups excluding carboxylic acids is 4. The number of nitrogens with one attached hydrogen (secondary N) is 1. The van der Waals surface area contributed by atoms with Crippen LogP contribution in [0.4, 0.5) is 0 Å². The topological polar surface area (TPSA) is 118 Å². The third-order valence-electron chi connectivity index (χ3n) is 8.48. The number of hydrogen-bond acceptors (Lipinski definition) is 6. The highest BCUT2D eigenvalue weighted by Crippen LogP contribution is 2.51. The zero-order chi connectivity index (χ0) is 29.5. The van der Waals surface area contributed by atoms with Crippen LogP contribution >= 0.6 is 27.5 Å². The van der Waals surface area contributed by atoms with Gasteiger partial charge in [0.15, 0.2) is 15.6 Å². The zero-order valence-electron chi connectivity index (χ0n) is 22.6. The van der Waals surface area contributed by atoms with Crippen molar-refractivity contribution in [2.75, 3.05) is 6.54 Å². The minimum atomic E-state index is -3.98. The van der Waals surface area contributed by atoms with Crippen molar-refractivity contribution in [3.8, 4) is 0 Å². The molecule has 3 aliphatic rings. The van der Waals surface area contributed by atoms with E-state index in [1.54, 1.807) is 19.1 Å². The number of ketones is 2. The second-order valence-corrected chi connectivity index (χ2v) is 14.8. The Labute approximate surface area is 253 Å². The lowest BCUT2D eigenvalue weighted by Gasteiger charge is -2.29. The second kappa shape index (κ2) is 11.6. The first-order valence-electron chi connectivity index (χ1n) is 13.9. The molecule has 0 aromatic heterocycles. The van der Waals surface area contributed by atoms with Gasteiger partial charge in [0.1, 0.15) is 0 Å². The average Bonchev–Trinajstić information content (AvgIpc) is 3.89. The molecule has 1 aliphatic heterocycles. The fourth-order valence-electron chi connectivity index (χ4n) is 5.67. The van der Waals surface area contributed by atoms with E-state index in [0.29, 0.717) is 12.8 Å². The summed E-state index contributed by atoms with van der Waals surface area (Å²) in [6.45, 7) is 1.57. The van der Waals surface area contributed by atoms with Crippen molar-refractivity contribution < 1.29 is 27.6 Å². The highest BCUT2D eigenvalue weighted by Gasteiger charge is 2.57. The third kappa shape index (κ3) is 6.01. The van der Waals surface area contributed by atoms with Gasteiger partial charge in [-0.2, -0.15) is 0 Å². The van der Waals surface area contributed by atoms with Crippen molar-refractivity contribution in [2.45, 2.75) is 79.5 Å². The van der Waals surface area contributed by atoms with Gasteiger partial charge in [0.05, 0.1) is 26.6 Å². The number of halogens is 2. The van der Waals surface area contributed by atoms with Crippen LogP contribution in [-0.4, -0.2) is 60.6 Å². The molecule has 2 aliphatic carbocycles. The Morgan fingerprint density at radius 1 is 1.07 bits per heavy atom. The first-order chi connectivity index (χ1) is 19.5. The number of amides is 2. The quantitative estimate of drug-likeness (QED) is 0.356. The number of likely N-dealkylation sites (tertiary alicyclic amines) is 1. The summed E-state index contributed by atoms with van der Waals surface area (Å²) < 4.78 is 28.3. The number of hydrogen-bond donors (Lipinski definition) is 1. The van der Waals surface area contributed by atoms with Crippen LogP contribution in [0.5, 0.6) is 0 Å². The maximum atomic E-state index is 14.1. The van der Waals surface area contributed by atoms with Crippen molar-refractivity contribution in [3.05, 3.63) is 63.6 Å². The molecule has 11 heteroatoms. The number of Topliss-reactive ketones (excluding diaryl/α,β-unsaturated/α-hetero) is 2. The maximum Gasteiger partial charge on any atom is 0.287 e. The van der Waals surface area contributed by atoms with E-state index in [1.165, 1.54) is 17.0 Å². The van der Waals surface area contributed by atoms with Crippen LogP contribution in [-0.2, 0) is 34.4 Å². The van der Waals surface area contributed by atoms with Crippen LogP contribution in [0.3, 0.4) is 0 Å². The number of rotatable bonds is 11. The minimum absolute atomic E-state index is 0.00622. The lowest BCUT2D eigenvalue weighted by molar-refractivity contribution is -0.143. The van der Waals surface area contributed by atoms with Gasteiger partial charge in [0, 0.05) is 29.4 Å². The summed E-state index contributed by atoms with van der Waals surface area (Å²) in [7, 11) is -3.98. The predicted molar refractivity (Wildman–Crippen MR) is 157 cm³/mol. The van der Waals surface area contributed by atoms with Gasteiger partial charge in [0.25, 0.3) is 5.91 Å². The van der Waals surface area contributed by atoms with Crippen molar-refractivity contribution >= 4 is 60.7 Å². The van der Waals surface area contributed by atoms with Crippen LogP contribution in [0.1, 0.15) is 57.4 Å². The Hall–Kier alpha value is -2.56. The molecule has 3 atom stereocenters. The molecule has 0 spiro atoms. The Balaban J connectivity index is 1.43. The fourth-order valence-corrected chi connectivity index (χ4v) is 8.16. The Morgan fingerprint density at radius 2 is 1.73 bits per heavy atom. The highest BCUT2D eigenvalue weighted by molar-refractivity contribution is 9.10. The van der Waals surface area contributed by atoms with E-state index in [4.69, 9.17) is 11.6 Å². The smallest absolute Gasteiger partial charge is 0.287 e. The van der Waals surface area contributed by atoms with E-state index in [2.05, 4.69) is 21.2 Å². The molecule has 41 heavy (non-hydrogen) atoms. The molecule has 0 bridgehead atoms. The van der Waals surface area contributed by atoms with E-state index in [0.717, 1.165) is 22.9 Å². The van der Waals surface area contributed by atoms with Gasteiger partial charge in [-0.05, 0) is 68.4 Å². The van der Waals surface area contributed by atoms with Gasteiger partial charge < -0.3 is 10.2 Å². The van der Waals surface area contributed by atoms with Gasteiger partial charge in [-0.15, -0.1) is 0 Å². The first-order valence-corrected chi connectivity index (χ1v) is 16.6. The minimum Gasteiger partial charge on any atom is -0.347 e. The van der Waals surface area contributed by atoms with Gasteiger partial charge in [0.2, 0.25) is 11.7 Å². The molecule has 3 fully saturated rings. The highest BCUT2D eigenvalue weighted by atomic mass is 79.9. The Morgan fingerprint density at radius 3 is 2.32 bits per heavy atom. The van der Waals surface area contributed by atoms with E-state index in [9.17, 15) is 27.6 Å². The van der Waals surface area contributed by atoms with Crippen LogP contribution in [0, 0.1) is 5.92 Å². The lowest BCUT2D eigenvalue weighted by Crippen LogP contribution is -2.47. The monoisotopic (exact) mass is 662 g/mol. The van der Waals surface area contributed by atoms with Crippen LogP contribution in [0.15, 0.2) is 57.9 Å². The average molecular weight is 664 g/mol. The lowest BCUT2D eigenvalue weighted by atomic mass is 9.90. The van der Waals surface area contributed by atoms with Crippen molar-refractivity contribution in [2.24, 2.45) is 5.92 Å². The molecule has 2 amide bonds. The van der Waals surface area contributed by atoms with Crippen molar-refractivity contribution in [1.82, 2.24) is 10.2 Å². The van der Waals surface area contributed by atoms with E-state index >= 15 is 0 Å². The molecule has 5 rings (SSSR count). The third-order valence-corrected chi connectivity index (χ3v) is 11.6. The van der Waals surface area contributed by atoms with E-state index in [-0.39, 0.29) is 47.7 Å². The molecule has 218 valence electrons. The van der Waals surface area contributed by atoms with Crippen molar-refractivity contribution in [3.63, 3.8) is 0 Å². The molecule has 1 saturated heterocycles. The first kappa shape index (κ1) is 29.9.